The molecule has 1 saturated carbocycles. The summed E-state index contributed by atoms with van der Waals surface area (Å²) in [4.78, 5) is 0. The highest BCUT2D eigenvalue weighted by Crippen LogP contribution is 2.28. The van der Waals surface area contributed by atoms with Crippen LogP contribution in [0.25, 0.3) is 0 Å². The first kappa shape index (κ1) is 14.7. The summed E-state index contributed by atoms with van der Waals surface area (Å²) < 4.78 is 5.91. The highest BCUT2D eigenvalue weighted by Gasteiger charge is 2.24. The largest absolute Gasteiger partial charge is 0.492 e. The summed E-state index contributed by atoms with van der Waals surface area (Å²) in [5.74, 6) is 1.64. The third-order valence-corrected chi connectivity index (χ3v) is 4.09. The molecule has 0 spiro atoms. The molecule has 1 N–H and O–H groups in total. The fourth-order valence-electron chi connectivity index (χ4n) is 2.79. The van der Waals surface area contributed by atoms with Crippen molar-refractivity contribution in [1.29, 1.82) is 0 Å². The fraction of sp³-hybridized carbons (Fsp3) is 0.625. The molecule has 0 heterocycles. The van der Waals surface area contributed by atoms with E-state index in [1.165, 1.54) is 32.1 Å². The molecule has 0 aromatic heterocycles. The van der Waals surface area contributed by atoms with E-state index in [-0.39, 0.29) is 0 Å². The van der Waals surface area contributed by atoms with E-state index < -0.39 is 0 Å². The van der Waals surface area contributed by atoms with Gasteiger partial charge in [0.25, 0.3) is 0 Å². The van der Waals surface area contributed by atoms with Crippen LogP contribution in [-0.4, -0.2) is 19.2 Å². The fourth-order valence-corrected chi connectivity index (χ4v) is 2.97. The molecule has 19 heavy (non-hydrogen) atoms. The SMILES string of the molecule is CCCNC(COc1cccc(Cl)c1)C1CCCC1. The normalized spacial score (nSPS) is 17.6. The lowest BCUT2D eigenvalue weighted by Crippen LogP contribution is -2.40. The van der Waals surface area contributed by atoms with E-state index in [1.54, 1.807) is 0 Å². The minimum Gasteiger partial charge on any atom is -0.492 e. The second-order valence-corrected chi connectivity index (χ2v) is 5.81. The number of rotatable bonds is 7. The molecule has 2 rings (SSSR count). The number of hydrogen-bond acceptors (Lipinski definition) is 2. The Balaban J connectivity index is 1.88. The van der Waals surface area contributed by atoms with Gasteiger partial charge < -0.3 is 10.1 Å². The number of ether oxygens (including phenoxy) is 1. The quantitative estimate of drug-likeness (QED) is 0.805. The lowest BCUT2D eigenvalue weighted by Gasteiger charge is -2.25. The molecule has 0 radical (unpaired) electrons. The van der Waals surface area contributed by atoms with Crippen LogP contribution in [0.2, 0.25) is 5.02 Å². The average molecular weight is 282 g/mol. The Morgan fingerprint density at radius 1 is 1.37 bits per heavy atom. The van der Waals surface area contributed by atoms with Gasteiger partial charge in [-0.3, -0.25) is 0 Å². The summed E-state index contributed by atoms with van der Waals surface area (Å²) in [6.07, 6.45) is 6.57. The molecule has 1 aromatic rings. The van der Waals surface area contributed by atoms with Crippen molar-refractivity contribution in [3.8, 4) is 5.75 Å². The number of benzene rings is 1. The zero-order valence-corrected chi connectivity index (χ0v) is 12.5. The molecule has 1 aromatic carbocycles. The van der Waals surface area contributed by atoms with Crippen LogP contribution in [0.1, 0.15) is 39.0 Å². The highest BCUT2D eigenvalue weighted by atomic mass is 35.5. The molecule has 0 saturated heterocycles. The Morgan fingerprint density at radius 2 is 2.16 bits per heavy atom. The summed E-state index contributed by atoms with van der Waals surface area (Å²) in [6, 6.07) is 8.13. The van der Waals surface area contributed by atoms with Crippen molar-refractivity contribution in [1.82, 2.24) is 5.32 Å². The molecule has 1 fully saturated rings. The van der Waals surface area contributed by atoms with Crippen molar-refractivity contribution < 1.29 is 4.74 Å². The van der Waals surface area contributed by atoms with Crippen LogP contribution in [0.4, 0.5) is 0 Å². The minimum absolute atomic E-state index is 0.474. The van der Waals surface area contributed by atoms with Gasteiger partial charge in [-0.2, -0.15) is 0 Å². The molecule has 3 heteroatoms. The second-order valence-electron chi connectivity index (χ2n) is 5.37. The third-order valence-electron chi connectivity index (χ3n) is 3.85. The van der Waals surface area contributed by atoms with Crippen LogP contribution < -0.4 is 10.1 Å². The maximum absolute atomic E-state index is 5.98. The third kappa shape index (κ3) is 4.70. The van der Waals surface area contributed by atoms with Gasteiger partial charge in [0.1, 0.15) is 12.4 Å². The van der Waals surface area contributed by atoms with Crippen molar-refractivity contribution in [3.05, 3.63) is 29.3 Å². The first-order valence-electron chi connectivity index (χ1n) is 7.41. The number of nitrogens with one attached hydrogen (secondary N) is 1. The molecule has 106 valence electrons. The molecule has 1 aliphatic carbocycles. The monoisotopic (exact) mass is 281 g/mol. The van der Waals surface area contributed by atoms with Gasteiger partial charge in [0, 0.05) is 11.1 Å². The molecule has 2 nitrogen and oxygen atoms in total. The number of hydrogen-bond donors (Lipinski definition) is 1. The molecule has 0 amide bonds. The molecule has 1 unspecified atom stereocenters. The van der Waals surface area contributed by atoms with Crippen LogP contribution in [0.5, 0.6) is 5.75 Å². The summed E-state index contributed by atoms with van der Waals surface area (Å²) in [7, 11) is 0. The molecule has 0 aliphatic heterocycles. The molecule has 1 atom stereocenters. The standard InChI is InChI=1S/C16H24ClNO/c1-2-10-18-16(13-6-3-4-7-13)12-19-15-9-5-8-14(17)11-15/h5,8-9,11,13,16,18H,2-4,6-7,10,12H2,1H3. The minimum atomic E-state index is 0.474. The van der Waals surface area contributed by atoms with Gasteiger partial charge in [0.05, 0.1) is 0 Å². The topological polar surface area (TPSA) is 21.3 Å². The Bertz CT molecular complexity index is 377. The molecule has 1 aliphatic rings. The lowest BCUT2D eigenvalue weighted by atomic mass is 9.98. The first-order chi connectivity index (χ1) is 9.29. The van der Waals surface area contributed by atoms with E-state index in [1.807, 2.05) is 24.3 Å². The van der Waals surface area contributed by atoms with Gasteiger partial charge in [0.15, 0.2) is 0 Å². The van der Waals surface area contributed by atoms with E-state index >= 15 is 0 Å². The predicted molar refractivity (Wildman–Crippen MR) is 81.0 cm³/mol. The van der Waals surface area contributed by atoms with Crippen LogP contribution in [0.15, 0.2) is 24.3 Å². The predicted octanol–water partition coefficient (Wildman–Crippen LogP) is 4.28. The van der Waals surface area contributed by atoms with E-state index in [4.69, 9.17) is 16.3 Å². The Hall–Kier alpha value is -0.730. The van der Waals surface area contributed by atoms with Crippen molar-refractivity contribution in [2.45, 2.75) is 45.1 Å². The van der Waals surface area contributed by atoms with Crippen molar-refractivity contribution in [3.63, 3.8) is 0 Å². The van der Waals surface area contributed by atoms with Gasteiger partial charge in [-0.05, 0) is 49.9 Å². The summed E-state index contributed by atoms with van der Waals surface area (Å²) in [5.41, 5.74) is 0. The summed E-state index contributed by atoms with van der Waals surface area (Å²) >= 11 is 5.98. The van der Waals surface area contributed by atoms with Gasteiger partial charge >= 0.3 is 0 Å². The van der Waals surface area contributed by atoms with E-state index in [0.717, 1.165) is 29.8 Å². The van der Waals surface area contributed by atoms with Crippen molar-refractivity contribution in [2.75, 3.05) is 13.2 Å². The van der Waals surface area contributed by atoms with E-state index in [9.17, 15) is 0 Å². The van der Waals surface area contributed by atoms with Crippen LogP contribution in [0.3, 0.4) is 0 Å². The molecular weight excluding hydrogens is 258 g/mol. The van der Waals surface area contributed by atoms with E-state index in [0.29, 0.717) is 6.04 Å². The Morgan fingerprint density at radius 3 is 2.84 bits per heavy atom. The average Bonchev–Trinajstić information content (AvgIpc) is 2.93. The van der Waals surface area contributed by atoms with Crippen molar-refractivity contribution >= 4 is 11.6 Å². The summed E-state index contributed by atoms with van der Waals surface area (Å²) in [5, 5.41) is 4.37. The van der Waals surface area contributed by atoms with Crippen molar-refractivity contribution in [2.24, 2.45) is 5.92 Å². The maximum Gasteiger partial charge on any atom is 0.120 e. The first-order valence-corrected chi connectivity index (χ1v) is 7.79. The second kappa shape index (κ2) is 7.76. The van der Waals surface area contributed by atoms with E-state index in [2.05, 4.69) is 12.2 Å². The highest BCUT2D eigenvalue weighted by molar-refractivity contribution is 6.30. The zero-order valence-electron chi connectivity index (χ0n) is 11.7. The molecule has 0 bridgehead atoms. The Labute approximate surface area is 121 Å². The number of halogens is 1. The van der Waals surface area contributed by atoms with Gasteiger partial charge in [-0.15, -0.1) is 0 Å². The van der Waals surface area contributed by atoms with Gasteiger partial charge in [-0.1, -0.05) is 37.4 Å². The van der Waals surface area contributed by atoms with Crippen LogP contribution in [0, 0.1) is 5.92 Å². The van der Waals surface area contributed by atoms with Crippen LogP contribution >= 0.6 is 11.6 Å². The van der Waals surface area contributed by atoms with Crippen LogP contribution in [-0.2, 0) is 0 Å². The van der Waals surface area contributed by atoms with Gasteiger partial charge in [-0.25, -0.2) is 0 Å². The summed E-state index contributed by atoms with van der Waals surface area (Å²) in [6.45, 7) is 4.02. The van der Waals surface area contributed by atoms with Gasteiger partial charge in [0.2, 0.25) is 0 Å². The maximum atomic E-state index is 5.98. The lowest BCUT2D eigenvalue weighted by molar-refractivity contribution is 0.217. The Kier molecular flexibility index (Phi) is 5.99. The smallest absolute Gasteiger partial charge is 0.120 e. The zero-order chi connectivity index (χ0) is 13.5. The molecular formula is C16H24ClNO.